The molecule has 1 aromatic rings. The Morgan fingerprint density at radius 2 is 2.00 bits per heavy atom. The number of ether oxygens (including phenoxy) is 1. The highest BCUT2D eigenvalue weighted by molar-refractivity contribution is 5.86. The van der Waals surface area contributed by atoms with Crippen LogP contribution in [0.15, 0.2) is 24.5 Å². The molecule has 1 aromatic heterocycles. The molecular weight excluding hydrogens is 392 g/mol. The molecule has 2 aliphatic heterocycles. The number of likely N-dealkylation sites (tertiary alicyclic amines) is 1. The molecule has 7 nitrogen and oxygen atoms in total. The fraction of sp³-hybridized carbons (Fsp3) is 0.708. The van der Waals surface area contributed by atoms with Crippen LogP contribution >= 0.6 is 0 Å². The van der Waals surface area contributed by atoms with Crippen LogP contribution in [-0.2, 0) is 20.9 Å². The number of nitrogens with zero attached hydrogens (tertiary/aromatic N) is 3. The summed E-state index contributed by atoms with van der Waals surface area (Å²) in [6.45, 7) is 5.47. The summed E-state index contributed by atoms with van der Waals surface area (Å²) >= 11 is 0. The molecule has 2 aliphatic carbocycles. The maximum absolute atomic E-state index is 13.7. The van der Waals surface area contributed by atoms with Crippen LogP contribution in [-0.4, -0.2) is 72.0 Å². The Morgan fingerprint density at radius 1 is 1.16 bits per heavy atom. The molecule has 168 valence electrons. The second kappa shape index (κ2) is 8.87. The molecule has 2 saturated carbocycles. The first kappa shape index (κ1) is 20.9. The molecular formula is C24H34N4O3. The lowest BCUT2D eigenvalue weighted by Crippen LogP contribution is -2.61. The molecule has 4 aliphatic rings. The summed E-state index contributed by atoms with van der Waals surface area (Å²) in [5.41, 5.74) is 0.542. The van der Waals surface area contributed by atoms with Crippen molar-refractivity contribution in [1.82, 2.24) is 20.1 Å². The van der Waals surface area contributed by atoms with Gasteiger partial charge >= 0.3 is 0 Å². The number of rotatable bonds is 5. The van der Waals surface area contributed by atoms with Crippen molar-refractivity contribution in [3.63, 3.8) is 0 Å². The van der Waals surface area contributed by atoms with Gasteiger partial charge in [0.1, 0.15) is 0 Å². The first-order valence-corrected chi connectivity index (χ1v) is 11.9. The summed E-state index contributed by atoms with van der Waals surface area (Å²) in [7, 11) is 0. The molecule has 0 radical (unpaired) electrons. The minimum Gasteiger partial charge on any atom is -0.379 e. The average Bonchev–Trinajstić information content (AvgIpc) is 3.68. The van der Waals surface area contributed by atoms with Gasteiger partial charge in [0, 0.05) is 57.1 Å². The number of hydrogen-bond donors (Lipinski definition) is 1. The molecule has 1 N–H and O–H groups in total. The second-order valence-electron chi connectivity index (χ2n) is 9.80. The topological polar surface area (TPSA) is 74.8 Å². The highest BCUT2D eigenvalue weighted by Crippen LogP contribution is 2.48. The SMILES string of the molecule is O=C(C1CC1)N1CC[C@@H]2C[C@@H](N3CCOCC3)CC[C@@]2(C(=O)NCc2cccnc2)C1. The van der Waals surface area contributed by atoms with Crippen molar-refractivity contribution in [2.24, 2.45) is 17.3 Å². The molecule has 0 bridgehead atoms. The van der Waals surface area contributed by atoms with Crippen molar-refractivity contribution >= 4 is 11.8 Å². The fourth-order valence-corrected chi connectivity index (χ4v) is 5.92. The number of morpholine rings is 1. The summed E-state index contributed by atoms with van der Waals surface area (Å²) in [5, 5.41) is 3.21. The minimum absolute atomic E-state index is 0.120. The van der Waals surface area contributed by atoms with E-state index in [1.54, 1.807) is 12.4 Å². The highest BCUT2D eigenvalue weighted by atomic mass is 16.5. The van der Waals surface area contributed by atoms with Gasteiger partial charge in [-0.25, -0.2) is 0 Å². The van der Waals surface area contributed by atoms with E-state index in [2.05, 4.69) is 15.2 Å². The van der Waals surface area contributed by atoms with Gasteiger partial charge in [-0.15, -0.1) is 0 Å². The van der Waals surface area contributed by atoms with Gasteiger partial charge in [0.25, 0.3) is 0 Å². The first-order valence-electron chi connectivity index (χ1n) is 11.9. The van der Waals surface area contributed by atoms with Gasteiger partial charge in [-0.05, 0) is 56.1 Å². The van der Waals surface area contributed by atoms with Crippen LogP contribution < -0.4 is 5.32 Å². The predicted molar refractivity (Wildman–Crippen MR) is 116 cm³/mol. The van der Waals surface area contributed by atoms with E-state index >= 15 is 0 Å². The van der Waals surface area contributed by atoms with Crippen LogP contribution in [0.25, 0.3) is 0 Å². The zero-order valence-corrected chi connectivity index (χ0v) is 18.3. The molecule has 31 heavy (non-hydrogen) atoms. The quantitative estimate of drug-likeness (QED) is 0.778. The molecule has 2 saturated heterocycles. The number of hydrogen-bond acceptors (Lipinski definition) is 5. The van der Waals surface area contributed by atoms with E-state index in [1.807, 2.05) is 17.0 Å². The fourth-order valence-electron chi connectivity index (χ4n) is 5.92. The van der Waals surface area contributed by atoms with E-state index in [0.29, 0.717) is 25.0 Å². The largest absolute Gasteiger partial charge is 0.379 e. The zero-order chi connectivity index (χ0) is 21.3. The van der Waals surface area contributed by atoms with Gasteiger partial charge in [0.15, 0.2) is 0 Å². The maximum Gasteiger partial charge on any atom is 0.228 e. The number of pyridine rings is 1. The van der Waals surface area contributed by atoms with Crippen LogP contribution in [0, 0.1) is 17.3 Å². The Labute approximate surface area is 184 Å². The van der Waals surface area contributed by atoms with Crippen LogP contribution in [0.1, 0.15) is 44.1 Å². The summed E-state index contributed by atoms with van der Waals surface area (Å²) < 4.78 is 5.54. The lowest BCUT2D eigenvalue weighted by atomic mass is 9.60. The third-order valence-electron chi connectivity index (χ3n) is 7.91. The van der Waals surface area contributed by atoms with Gasteiger partial charge in [-0.2, -0.15) is 0 Å². The number of aromatic nitrogens is 1. The highest BCUT2D eigenvalue weighted by Gasteiger charge is 2.54. The van der Waals surface area contributed by atoms with E-state index in [0.717, 1.165) is 76.9 Å². The molecule has 3 heterocycles. The second-order valence-corrected chi connectivity index (χ2v) is 9.80. The predicted octanol–water partition coefficient (Wildman–Crippen LogP) is 1.83. The van der Waals surface area contributed by atoms with Crippen molar-refractivity contribution in [2.75, 3.05) is 39.4 Å². The van der Waals surface area contributed by atoms with Crippen LogP contribution in [0.2, 0.25) is 0 Å². The lowest BCUT2D eigenvalue weighted by molar-refractivity contribution is -0.152. The number of fused-ring (bicyclic) bond motifs is 1. The Kier molecular flexibility index (Phi) is 5.97. The number of nitrogens with one attached hydrogen (secondary N) is 1. The molecule has 5 rings (SSSR count). The van der Waals surface area contributed by atoms with Crippen LogP contribution in [0.4, 0.5) is 0 Å². The van der Waals surface area contributed by atoms with Crippen LogP contribution in [0.5, 0.6) is 0 Å². The van der Waals surface area contributed by atoms with Gasteiger partial charge in [-0.1, -0.05) is 6.07 Å². The molecule has 2 amide bonds. The molecule has 0 unspecified atom stereocenters. The van der Waals surface area contributed by atoms with E-state index < -0.39 is 5.41 Å². The number of amides is 2. The standard InChI is InChI=1S/C24H34N4O3/c29-22(19-3-4-19)28-9-6-20-14-21(27-10-12-31-13-11-27)5-7-24(20,17-28)23(30)26-16-18-2-1-8-25-15-18/h1-2,8,15,19-21H,3-7,9-14,16-17H2,(H,26,30)/t20-,21+,24-/m1/s1. The van der Waals surface area contributed by atoms with Crippen molar-refractivity contribution < 1.29 is 14.3 Å². The molecule has 4 fully saturated rings. The van der Waals surface area contributed by atoms with Gasteiger partial charge in [0.2, 0.25) is 11.8 Å². The van der Waals surface area contributed by atoms with Gasteiger partial charge in [0.05, 0.1) is 18.6 Å². The first-order chi connectivity index (χ1) is 15.2. The van der Waals surface area contributed by atoms with Gasteiger partial charge in [-0.3, -0.25) is 19.5 Å². The van der Waals surface area contributed by atoms with Crippen molar-refractivity contribution in [2.45, 2.75) is 51.1 Å². The van der Waals surface area contributed by atoms with Crippen molar-refractivity contribution in [1.29, 1.82) is 0 Å². The van der Waals surface area contributed by atoms with E-state index in [-0.39, 0.29) is 17.7 Å². The summed E-state index contributed by atoms with van der Waals surface area (Å²) in [6, 6.07) is 4.41. The third-order valence-corrected chi connectivity index (χ3v) is 7.91. The lowest BCUT2D eigenvalue weighted by Gasteiger charge is -2.53. The number of carbonyl (C=O) groups excluding carboxylic acids is 2. The monoisotopic (exact) mass is 426 g/mol. The Hall–Kier alpha value is -1.99. The molecule has 0 spiro atoms. The van der Waals surface area contributed by atoms with Gasteiger partial charge < -0.3 is 15.0 Å². The average molecular weight is 427 g/mol. The summed E-state index contributed by atoms with van der Waals surface area (Å²) in [4.78, 5) is 35.2. The Balaban J connectivity index is 1.32. The summed E-state index contributed by atoms with van der Waals surface area (Å²) in [6.07, 6.45) is 9.42. The number of piperidine rings is 1. The maximum atomic E-state index is 13.7. The number of carbonyl (C=O) groups is 2. The third kappa shape index (κ3) is 4.35. The molecule has 0 aromatic carbocycles. The van der Waals surface area contributed by atoms with Crippen LogP contribution in [0.3, 0.4) is 0 Å². The summed E-state index contributed by atoms with van der Waals surface area (Å²) in [5.74, 6) is 0.922. The van der Waals surface area contributed by atoms with E-state index in [9.17, 15) is 9.59 Å². The Bertz CT molecular complexity index is 793. The van der Waals surface area contributed by atoms with E-state index in [1.165, 1.54) is 0 Å². The minimum atomic E-state index is -0.464. The zero-order valence-electron chi connectivity index (χ0n) is 18.3. The van der Waals surface area contributed by atoms with Crippen molar-refractivity contribution in [3.05, 3.63) is 30.1 Å². The Morgan fingerprint density at radius 3 is 2.74 bits per heavy atom. The van der Waals surface area contributed by atoms with E-state index in [4.69, 9.17) is 4.74 Å². The molecule has 7 heteroatoms. The van der Waals surface area contributed by atoms with Crippen molar-refractivity contribution in [3.8, 4) is 0 Å². The molecule has 3 atom stereocenters. The smallest absolute Gasteiger partial charge is 0.228 e. The normalized spacial score (nSPS) is 31.7.